The number of benzene rings is 1. The Bertz CT molecular complexity index is 770. The number of aliphatic carboxylic acids is 1. The molecule has 2 N–H and O–H groups in total. The lowest BCUT2D eigenvalue weighted by molar-refractivity contribution is -0.136. The van der Waals surface area contributed by atoms with Crippen LogP contribution in [0.4, 0.5) is 10.1 Å². The molecule has 0 saturated carbocycles. The number of carbonyl (C=O) groups is 2. The van der Waals surface area contributed by atoms with Crippen LogP contribution in [0, 0.1) is 19.7 Å². The summed E-state index contributed by atoms with van der Waals surface area (Å²) < 4.78 is 15.6. The normalized spacial score (nSPS) is 12.0. The highest BCUT2D eigenvalue weighted by Gasteiger charge is 2.15. The van der Waals surface area contributed by atoms with E-state index in [1.54, 1.807) is 4.68 Å². The summed E-state index contributed by atoms with van der Waals surface area (Å²) in [5.41, 5.74) is 2.23. The maximum absolute atomic E-state index is 13.8. The van der Waals surface area contributed by atoms with Crippen LogP contribution in [0.25, 0.3) is 0 Å². The molecule has 1 amide bonds. The summed E-state index contributed by atoms with van der Waals surface area (Å²) in [6, 6.07) is 5.79. The highest BCUT2D eigenvalue weighted by Crippen LogP contribution is 2.18. The number of halogens is 1. The van der Waals surface area contributed by atoms with Crippen LogP contribution >= 0.6 is 0 Å². The van der Waals surface area contributed by atoms with E-state index in [1.165, 1.54) is 12.1 Å². The number of aryl methyl sites for hydroxylation is 2. The number of carbonyl (C=O) groups excluding carboxylic acids is 1. The van der Waals surface area contributed by atoms with Gasteiger partial charge in [-0.1, -0.05) is 6.07 Å². The van der Waals surface area contributed by atoms with Crippen molar-refractivity contribution >= 4 is 17.6 Å². The third-order valence-electron chi connectivity index (χ3n) is 3.62. The van der Waals surface area contributed by atoms with Crippen molar-refractivity contribution in [2.75, 3.05) is 5.32 Å². The third-order valence-corrected chi connectivity index (χ3v) is 3.62. The van der Waals surface area contributed by atoms with E-state index < -0.39 is 18.2 Å². The van der Waals surface area contributed by atoms with Gasteiger partial charge < -0.3 is 10.4 Å². The molecule has 2 aromatic rings. The van der Waals surface area contributed by atoms with Gasteiger partial charge >= 0.3 is 5.97 Å². The molecular formula is C17H20FN3O3. The Balaban J connectivity index is 2.00. The summed E-state index contributed by atoms with van der Waals surface area (Å²) in [5, 5.41) is 15.7. The molecule has 0 bridgehead atoms. The van der Waals surface area contributed by atoms with Gasteiger partial charge in [0, 0.05) is 17.8 Å². The quantitative estimate of drug-likeness (QED) is 0.851. The highest BCUT2D eigenvalue weighted by molar-refractivity contribution is 5.91. The first-order valence-electron chi connectivity index (χ1n) is 7.59. The smallest absolute Gasteiger partial charge is 0.307 e. The van der Waals surface area contributed by atoms with E-state index in [4.69, 9.17) is 5.11 Å². The zero-order valence-electron chi connectivity index (χ0n) is 13.8. The second kappa shape index (κ2) is 7.25. The summed E-state index contributed by atoms with van der Waals surface area (Å²) in [7, 11) is 0. The zero-order chi connectivity index (χ0) is 17.9. The van der Waals surface area contributed by atoms with Crippen LogP contribution in [0.5, 0.6) is 0 Å². The van der Waals surface area contributed by atoms with Crippen molar-refractivity contribution in [3.05, 3.63) is 47.0 Å². The maximum Gasteiger partial charge on any atom is 0.307 e. The first-order chi connectivity index (χ1) is 11.3. The summed E-state index contributed by atoms with van der Waals surface area (Å²) in [6.07, 6.45) is -0.199. The van der Waals surface area contributed by atoms with Crippen LogP contribution in [-0.2, 0) is 16.0 Å². The van der Waals surface area contributed by atoms with Gasteiger partial charge in [0.15, 0.2) is 0 Å². The van der Waals surface area contributed by atoms with E-state index >= 15 is 0 Å². The predicted molar refractivity (Wildman–Crippen MR) is 87.4 cm³/mol. The number of nitrogens with zero attached hydrogens (tertiary/aromatic N) is 2. The van der Waals surface area contributed by atoms with Crippen LogP contribution in [0.15, 0.2) is 24.3 Å². The molecule has 128 valence electrons. The summed E-state index contributed by atoms with van der Waals surface area (Å²) in [4.78, 5) is 22.7. The predicted octanol–water partition coefficient (Wildman–Crippen LogP) is 2.86. The van der Waals surface area contributed by atoms with Crippen molar-refractivity contribution in [2.45, 2.75) is 39.7 Å². The Kier molecular flexibility index (Phi) is 5.33. The molecule has 0 aliphatic heterocycles. The first-order valence-corrected chi connectivity index (χ1v) is 7.59. The average Bonchev–Trinajstić information content (AvgIpc) is 2.80. The minimum absolute atomic E-state index is 0.0801. The molecule has 1 aromatic heterocycles. The Morgan fingerprint density at radius 1 is 1.33 bits per heavy atom. The minimum Gasteiger partial charge on any atom is -0.481 e. The number of hydrogen-bond donors (Lipinski definition) is 2. The lowest BCUT2D eigenvalue weighted by Crippen LogP contribution is -2.19. The third kappa shape index (κ3) is 4.41. The van der Waals surface area contributed by atoms with Gasteiger partial charge in [-0.3, -0.25) is 14.3 Å². The van der Waals surface area contributed by atoms with Gasteiger partial charge in [0.2, 0.25) is 5.91 Å². The van der Waals surface area contributed by atoms with Crippen molar-refractivity contribution in [3.8, 4) is 0 Å². The van der Waals surface area contributed by atoms with E-state index in [9.17, 15) is 14.0 Å². The van der Waals surface area contributed by atoms with E-state index in [0.717, 1.165) is 17.5 Å². The van der Waals surface area contributed by atoms with Gasteiger partial charge in [0.25, 0.3) is 0 Å². The minimum atomic E-state index is -1.11. The summed E-state index contributed by atoms with van der Waals surface area (Å²) >= 11 is 0. The van der Waals surface area contributed by atoms with Crippen molar-refractivity contribution in [1.82, 2.24) is 9.78 Å². The monoisotopic (exact) mass is 333 g/mol. The molecular weight excluding hydrogens is 313 g/mol. The van der Waals surface area contributed by atoms with Gasteiger partial charge in [-0.25, -0.2) is 4.39 Å². The van der Waals surface area contributed by atoms with Crippen LogP contribution in [-0.4, -0.2) is 26.8 Å². The lowest BCUT2D eigenvalue weighted by Gasteiger charge is -2.14. The summed E-state index contributed by atoms with van der Waals surface area (Å²) in [5.74, 6) is -2.02. The maximum atomic E-state index is 13.8. The number of hydrogen-bond acceptors (Lipinski definition) is 3. The first kappa shape index (κ1) is 17.7. The number of aromatic nitrogens is 2. The Labute approximate surface area is 139 Å². The van der Waals surface area contributed by atoms with Crippen LogP contribution in [0.3, 0.4) is 0 Å². The highest BCUT2D eigenvalue weighted by atomic mass is 19.1. The number of carboxylic acids is 1. The topological polar surface area (TPSA) is 84.2 Å². The zero-order valence-corrected chi connectivity index (χ0v) is 13.8. The van der Waals surface area contributed by atoms with E-state index in [0.29, 0.717) is 5.69 Å². The number of carboxylic acid groups (broad SMARTS) is 1. The average molecular weight is 333 g/mol. The van der Waals surface area contributed by atoms with Gasteiger partial charge in [0.05, 0.1) is 18.2 Å². The number of rotatable bonds is 6. The molecule has 1 atom stereocenters. The van der Waals surface area contributed by atoms with Crippen LogP contribution < -0.4 is 5.32 Å². The Morgan fingerprint density at radius 2 is 2.04 bits per heavy atom. The van der Waals surface area contributed by atoms with Crippen molar-refractivity contribution in [2.24, 2.45) is 0 Å². The van der Waals surface area contributed by atoms with E-state index in [1.807, 2.05) is 26.8 Å². The van der Waals surface area contributed by atoms with Gasteiger partial charge in [0.1, 0.15) is 5.82 Å². The van der Waals surface area contributed by atoms with Gasteiger partial charge in [-0.05, 0) is 44.5 Å². The van der Waals surface area contributed by atoms with Crippen molar-refractivity contribution in [1.29, 1.82) is 0 Å². The number of nitrogens with one attached hydrogen (secondary N) is 1. The molecule has 0 fully saturated rings. The Morgan fingerprint density at radius 3 is 2.58 bits per heavy atom. The molecule has 0 radical (unpaired) electrons. The molecule has 0 aliphatic rings. The molecule has 0 aliphatic carbocycles. The lowest BCUT2D eigenvalue weighted by atomic mass is 10.1. The van der Waals surface area contributed by atoms with Crippen molar-refractivity contribution in [3.63, 3.8) is 0 Å². The molecule has 1 heterocycles. The standard InChI is InChI=1S/C17H20FN3O3/c1-10-6-11(2)21(20-10)12(3)7-16(22)19-14-5-4-13(8-17(23)24)15(18)9-14/h4-6,9,12H,7-8H2,1-3H3,(H,19,22)(H,23,24)/t12-/m0/s1. The molecule has 6 nitrogen and oxygen atoms in total. The molecule has 1 aromatic carbocycles. The van der Waals surface area contributed by atoms with Gasteiger partial charge in [-0.2, -0.15) is 5.10 Å². The van der Waals surface area contributed by atoms with E-state index in [2.05, 4.69) is 10.4 Å². The molecule has 0 unspecified atom stereocenters. The fourth-order valence-corrected chi connectivity index (χ4v) is 2.59. The fourth-order valence-electron chi connectivity index (χ4n) is 2.59. The van der Waals surface area contributed by atoms with Crippen molar-refractivity contribution < 1.29 is 19.1 Å². The van der Waals surface area contributed by atoms with Gasteiger partial charge in [-0.15, -0.1) is 0 Å². The van der Waals surface area contributed by atoms with Crippen LogP contribution in [0.2, 0.25) is 0 Å². The second-order valence-corrected chi connectivity index (χ2v) is 5.85. The Hall–Kier alpha value is -2.70. The second-order valence-electron chi connectivity index (χ2n) is 5.85. The van der Waals surface area contributed by atoms with Crippen LogP contribution in [0.1, 0.15) is 36.3 Å². The molecule has 7 heteroatoms. The SMILES string of the molecule is Cc1cc(C)n([C@@H](C)CC(=O)Nc2ccc(CC(=O)O)c(F)c2)n1. The molecule has 2 rings (SSSR count). The molecule has 24 heavy (non-hydrogen) atoms. The molecule has 0 saturated heterocycles. The summed E-state index contributed by atoms with van der Waals surface area (Å²) in [6.45, 7) is 5.69. The van der Waals surface area contributed by atoms with E-state index in [-0.39, 0.29) is 23.9 Å². The number of amides is 1. The number of anilines is 1. The largest absolute Gasteiger partial charge is 0.481 e. The fraction of sp³-hybridized carbons (Fsp3) is 0.353. The molecule has 0 spiro atoms.